The molecular weight excluding hydrogens is 420 g/mol. The molecule has 2 aromatic carbocycles. The first kappa shape index (κ1) is 14.9. The molecule has 0 saturated heterocycles. The Balaban J connectivity index is 2.13. The van der Waals surface area contributed by atoms with E-state index in [0.29, 0.717) is 28.8 Å². The molecule has 3 rings (SSSR count). The van der Waals surface area contributed by atoms with Gasteiger partial charge in [-0.25, -0.2) is 8.42 Å². The molecule has 0 aromatic heterocycles. The first-order valence-corrected chi connectivity index (χ1v) is 9.28. The zero-order chi connectivity index (χ0) is 15.2. The largest absolute Gasteiger partial charge is 0.399 e. The van der Waals surface area contributed by atoms with Gasteiger partial charge in [-0.3, -0.25) is 4.31 Å². The maximum absolute atomic E-state index is 12.9. The second-order valence-corrected chi connectivity index (χ2v) is 8.39. The van der Waals surface area contributed by atoms with Crippen LogP contribution in [0.2, 0.25) is 0 Å². The van der Waals surface area contributed by atoms with Crippen LogP contribution in [0.15, 0.2) is 50.2 Å². The average Bonchev–Trinajstić information content (AvgIpc) is 2.85. The van der Waals surface area contributed by atoms with Crippen molar-refractivity contribution in [2.75, 3.05) is 16.6 Å². The zero-order valence-corrected chi connectivity index (χ0v) is 14.9. The van der Waals surface area contributed by atoms with Crippen molar-refractivity contribution in [3.63, 3.8) is 0 Å². The van der Waals surface area contributed by atoms with Gasteiger partial charge in [0.2, 0.25) is 0 Å². The molecule has 2 N–H and O–H groups in total. The van der Waals surface area contributed by atoms with Crippen LogP contribution in [-0.4, -0.2) is 15.0 Å². The van der Waals surface area contributed by atoms with Gasteiger partial charge >= 0.3 is 0 Å². The van der Waals surface area contributed by atoms with E-state index in [2.05, 4.69) is 31.9 Å². The SMILES string of the molecule is Nc1ccc2c(c1)N(S(=O)(=O)c1cc(Br)ccc1Br)CC2. The lowest BCUT2D eigenvalue weighted by Gasteiger charge is -2.20. The molecule has 1 aliphatic rings. The summed E-state index contributed by atoms with van der Waals surface area (Å²) in [5, 5.41) is 0. The Labute approximate surface area is 140 Å². The molecule has 7 heteroatoms. The van der Waals surface area contributed by atoms with Crippen molar-refractivity contribution in [3.05, 3.63) is 50.9 Å². The number of nitrogens with zero attached hydrogens (tertiary/aromatic N) is 1. The van der Waals surface area contributed by atoms with E-state index in [4.69, 9.17) is 5.73 Å². The van der Waals surface area contributed by atoms with Crippen molar-refractivity contribution < 1.29 is 8.42 Å². The van der Waals surface area contributed by atoms with Gasteiger partial charge in [0.05, 0.1) is 5.69 Å². The van der Waals surface area contributed by atoms with Crippen LogP contribution in [0, 0.1) is 0 Å². The third kappa shape index (κ3) is 2.58. The number of nitrogens with two attached hydrogens (primary N) is 1. The van der Waals surface area contributed by atoms with E-state index in [1.165, 1.54) is 4.31 Å². The zero-order valence-electron chi connectivity index (χ0n) is 10.9. The Morgan fingerprint density at radius 1 is 1.10 bits per heavy atom. The molecule has 0 saturated carbocycles. The second kappa shape index (κ2) is 5.30. The molecule has 0 bridgehead atoms. The van der Waals surface area contributed by atoms with Gasteiger partial charge in [-0.1, -0.05) is 22.0 Å². The summed E-state index contributed by atoms with van der Waals surface area (Å²) in [7, 11) is -3.62. The van der Waals surface area contributed by atoms with Gasteiger partial charge < -0.3 is 5.73 Å². The lowest BCUT2D eigenvalue weighted by molar-refractivity contribution is 0.592. The number of hydrogen-bond donors (Lipinski definition) is 1. The van der Waals surface area contributed by atoms with E-state index in [1.54, 1.807) is 30.3 Å². The molecule has 0 unspecified atom stereocenters. The Morgan fingerprint density at radius 2 is 1.86 bits per heavy atom. The maximum atomic E-state index is 12.9. The number of rotatable bonds is 2. The summed E-state index contributed by atoms with van der Waals surface area (Å²) >= 11 is 6.63. The van der Waals surface area contributed by atoms with Gasteiger partial charge in [0.1, 0.15) is 4.90 Å². The van der Waals surface area contributed by atoms with E-state index in [1.807, 2.05) is 6.07 Å². The Hall–Kier alpha value is -1.05. The fraction of sp³-hybridized carbons (Fsp3) is 0.143. The minimum absolute atomic E-state index is 0.243. The van der Waals surface area contributed by atoms with Gasteiger partial charge in [0.15, 0.2) is 0 Å². The fourth-order valence-corrected chi connectivity index (χ4v) is 5.37. The molecule has 0 atom stereocenters. The molecule has 21 heavy (non-hydrogen) atoms. The smallest absolute Gasteiger partial charge is 0.265 e. The number of halogens is 2. The molecule has 2 aromatic rings. The highest BCUT2D eigenvalue weighted by Crippen LogP contribution is 2.36. The number of nitrogen functional groups attached to an aromatic ring is 1. The highest BCUT2D eigenvalue weighted by Gasteiger charge is 2.32. The molecule has 1 aliphatic heterocycles. The predicted molar refractivity (Wildman–Crippen MR) is 90.9 cm³/mol. The summed E-state index contributed by atoms with van der Waals surface area (Å²) in [6, 6.07) is 10.5. The van der Waals surface area contributed by atoms with E-state index in [9.17, 15) is 8.42 Å². The molecule has 4 nitrogen and oxygen atoms in total. The summed E-state index contributed by atoms with van der Waals surface area (Å²) in [6.07, 6.45) is 0.695. The average molecular weight is 432 g/mol. The quantitative estimate of drug-likeness (QED) is 0.739. The normalized spacial score (nSPS) is 14.3. The first-order chi connectivity index (χ1) is 9.89. The minimum atomic E-state index is -3.62. The summed E-state index contributed by atoms with van der Waals surface area (Å²) in [5.41, 5.74) is 8.02. The van der Waals surface area contributed by atoms with Crippen molar-refractivity contribution in [3.8, 4) is 0 Å². The van der Waals surface area contributed by atoms with Crippen LogP contribution in [0.5, 0.6) is 0 Å². The molecule has 0 radical (unpaired) electrons. The molecule has 0 fully saturated rings. The second-order valence-electron chi connectivity index (χ2n) is 4.79. The van der Waals surface area contributed by atoms with Crippen molar-refractivity contribution in [2.24, 2.45) is 0 Å². The van der Waals surface area contributed by atoms with Crippen molar-refractivity contribution in [1.82, 2.24) is 0 Å². The number of benzene rings is 2. The van der Waals surface area contributed by atoms with Crippen LogP contribution in [0.1, 0.15) is 5.56 Å². The van der Waals surface area contributed by atoms with Gasteiger partial charge in [0.25, 0.3) is 10.0 Å². The van der Waals surface area contributed by atoms with E-state index in [-0.39, 0.29) is 4.90 Å². The molecule has 0 aliphatic carbocycles. The lowest BCUT2D eigenvalue weighted by atomic mass is 10.1. The number of sulfonamides is 1. The minimum Gasteiger partial charge on any atom is -0.399 e. The summed E-state index contributed by atoms with van der Waals surface area (Å²) in [4.78, 5) is 0.243. The van der Waals surface area contributed by atoms with Crippen molar-refractivity contribution in [1.29, 1.82) is 0 Å². The van der Waals surface area contributed by atoms with Gasteiger partial charge in [-0.15, -0.1) is 0 Å². The summed E-state index contributed by atoms with van der Waals surface area (Å²) < 4.78 is 28.5. The van der Waals surface area contributed by atoms with Gasteiger partial charge in [0, 0.05) is 21.2 Å². The van der Waals surface area contributed by atoms with Gasteiger partial charge in [-0.2, -0.15) is 0 Å². The molecule has 0 amide bonds. The topological polar surface area (TPSA) is 63.4 Å². The third-order valence-electron chi connectivity index (χ3n) is 3.42. The van der Waals surface area contributed by atoms with Crippen molar-refractivity contribution >= 4 is 53.3 Å². The number of anilines is 2. The Bertz CT molecular complexity index is 822. The predicted octanol–water partition coefficient (Wildman–Crippen LogP) is 3.55. The Morgan fingerprint density at radius 3 is 2.62 bits per heavy atom. The maximum Gasteiger partial charge on any atom is 0.265 e. The van der Waals surface area contributed by atoms with Gasteiger partial charge in [-0.05, 0) is 58.2 Å². The molecule has 1 heterocycles. The standard InChI is InChI=1S/C14H12Br2N2O2S/c15-10-2-4-12(16)14(7-10)21(19,20)18-6-5-9-1-3-11(17)8-13(9)18/h1-4,7-8H,5-6,17H2. The van der Waals surface area contributed by atoms with Crippen LogP contribution in [0.25, 0.3) is 0 Å². The highest BCUT2D eigenvalue weighted by atomic mass is 79.9. The first-order valence-electron chi connectivity index (χ1n) is 6.26. The van der Waals surface area contributed by atoms with E-state index < -0.39 is 10.0 Å². The van der Waals surface area contributed by atoms with E-state index >= 15 is 0 Å². The van der Waals surface area contributed by atoms with E-state index in [0.717, 1.165) is 10.0 Å². The third-order valence-corrected chi connectivity index (χ3v) is 6.72. The Kier molecular flexibility index (Phi) is 3.75. The molecule has 0 spiro atoms. The number of hydrogen-bond acceptors (Lipinski definition) is 3. The summed E-state index contributed by atoms with van der Waals surface area (Å²) in [6.45, 7) is 0.431. The summed E-state index contributed by atoms with van der Waals surface area (Å²) in [5.74, 6) is 0. The van der Waals surface area contributed by atoms with Crippen LogP contribution < -0.4 is 10.0 Å². The number of fused-ring (bicyclic) bond motifs is 1. The molecular formula is C14H12Br2N2O2S. The van der Waals surface area contributed by atoms with Crippen LogP contribution in [0.4, 0.5) is 11.4 Å². The van der Waals surface area contributed by atoms with Crippen LogP contribution >= 0.6 is 31.9 Å². The van der Waals surface area contributed by atoms with Crippen LogP contribution in [-0.2, 0) is 16.4 Å². The lowest BCUT2D eigenvalue weighted by Crippen LogP contribution is -2.29. The monoisotopic (exact) mass is 430 g/mol. The highest BCUT2D eigenvalue weighted by molar-refractivity contribution is 9.11. The molecule has 110 valence electrons. The fourth-order valence-electron chi connectivity index (χ4n) is 2.41. The van der Waals surface area contributed by atoms with Crippen LogP contribution in [0.3, 0.4) is 0 Å². The van der Waals surface area contributed by atoms with Crippen molar-refractivity contribution in [2.45, 2.75) is 11.3 Å².